The minimum absolute atomic E-state index is 0.0358. The van der Waals surface area contributed by atoms with Gasteiger partial charge < -0.3 is 20.1 Å². The van der Waals surface area contributed by atoms with Crippen molar-refractivity contribution in [1.29, 1.82) is 0 Å². The largest absolute Gasteiger partial charge is 0.491 e. The highest BCUT2D eigenvalue weighted by Crippen LogP contribution is 2.24. The van der Waals surface area contributed by atoms with Gasteiger partial charge in [0.25, 0.3) is 0 Å². The zero-order valence-corrected chi connectivity index (χ0v) is 15.3. The van der Waals surface area contributed by atoms with Crippen LogP contribution in [0.5, 0.6) is 5.75 Å². The molecule has 142 valence electrons. The van der Waals surface area contributed by atoms with Gasteiger partial charge in [-0.05, 0) is 29.7 Å². The van der Waals surface area contributed by atoms with E-state index in [4.69, 9.17) is 9.47 Å². The van der Waals surface area contributed by atoms with E-state index in [1.807, 2.05) is 42.5 Å². The lowest BCUT2D eigenvalue weighted by atomic mass is 10.0. The van der Waals surface area contributed by atoms with E-state index < -0.39 is 0 Å². The molecular formula is C21H25N3O3. The van der Waals surface area contributed by atoms with Gasteiger partial charge in [-0.3, -0.25) is 4.90 Å². The molecule has 0 unspecified atom stereocenters. The number of anilines is 1. The molecule has 2 N–H and O–H groups in total. The lowest BCUT2D eigenvalue weighted by Crippen LogP contribution is -2.44. The average Bonchev–Trinajstić information content (AvgIpc) is 2.70. The van der Waals surface area contributed by atoms with Crippen molar-refractivity contribution in [3.8, 4) is 5.75 Å². The molecule has 0 aliphatic carbocycles. The van der Waals surface area contributed by atoms with Crippen molar-refractivity contribution < 1.29 is 14.3 Å². The van der Waals surface area contributed by atoms with Crippen molar-refractivity contribution in [3.63, 3.8) is 0 Å². The smallest absolute Gasteiger partial charge is 0.319 e. The number of hydrogen-bond donors (Lipinski definition) is 2. The van der Waals surface area contributed by atoms with Crippen molar-refractivity contribution in [2.24, 2.45) is 0 Å². The number of nitrogens with zero attached hydrogens (tertiary/aromatic N) is 1. The van der Waals surface area contributed by atoms with Gasteiger partial charge >= 0.3 is 6.03 Å². The first kappa shape index (κ1) is 17.8. The van der Waals surface area contributed by atoms with Crippen molar-refractivity contribution in [3.05, 3.63) is 59.7 Å². The Hall–Kier alpha value is -2.57. The van der Waals surface area contributed by atoms with Crippen LogP contribution in [0.25, 0.3) is 0 Å². The molecule has 1 fully saturated rings. The first-order valence-electron chi connectivity index (χ1n) is 9.44. The van der Waals surface area contributed by atoms with Gasteiger partial charge in [-0.15, -0.1) is 0 Å². The fourth-order valence-corrected chi connectivity index (χ4v) is 3.54. The van der Waals surface area contributed by atoms with Gasteiger partial charge in [0.15, 0.2) is 0 Å². The molecule has 2 amide bonds. The maximum Gasteiger partial charge on any atom is 0.319 e. The summed E-state index contributed by atoms with van der Waals surface area (Å²) in [6.07, 6.45) is 0.777. The van der Waals surface area contributed by atoms with Crippen LogP contribution in [0.3, 0.4) is 0 Å². The first-order valence-corrected chi connectivity index (χ1v) is 9.44. The summed E-state index contributed by atoms with van der Waals surface area (Å²) in [5.41, 5.74) is 3.08. The second-order valence-electron chi connectivity index (χ2n) is 6.96. The molecule has 2 aliphatic heterocycles. The molecule has 2 aromatic rings. The van der Waals surface area contributed by atoms with Gasteiger partial charge in [-0.25, -0.2) is 4.79 Å². The third-order valence-electron chi connectivity index (χ3n) is 4.98. The molecule has 0 aromatic heterocycles. The summed E-state index contributed by atoms with van der Waals surface area (Å²) in [5.74, 6) is 0.909. The average molecular weight is 367 g/mol. The number of amides is 2. The van der Waals surface area contributed by atoms with Crippen LogP contribution >= 0.6 is 0 Å². The molecule has 6 heteroatoms. The summed E-state index contributed by atoms with van der Waals surface area (Å²) >= 11 is 0. The van der Waals surface area contributed by atoms with Crippen LogP contribution in [-0.2, 0) is 17.7 Å². The van der Waals surface area contributed by atoms with E-state index in [1.165, 1.54) is 0 Å². The second-order valence-corrected chi connectivity index (χ2v) is 6.96. The Labute approximate surface area is 159 Å². The van der Waals surface area contributed by atoms with Crippen LogP contribution in [0.1, 0.15) is 11.1 Å². The number of ether oxygens (including phenoxy) is 2. The Kier molecular flexibility index (Phi) is 5.55. The summed E-state index contributed by atoms with van der Waals surface area (Å²) in [6, 6.07) is 15.7. The predicted octanol–water partition coefficient (Wildman–Crippen LogP) is 2.64. The normalized spacial score (nSPS) is 19.6. The zero-order valence-electron chi connectivity index (χ0n) is 15.3. The first-order chi connectivity index (χ1) is 13.3. The van der Waals surface area contributed by atoms with Gasteiger partial charge in [0.1, 0.15) is 12.4 Å². The Morgan fingerprint density at radius 2 is 1.85 bits per heavy atom. The molecule has 0 spiro atoms. The molecule has 0 radical (unpaired) electrons. The summed E-state index contributed by atoms with van der Waals surface area (Å²) < 4.78 is 11.2. The lowest BCUT2D eigenvalue weighted by molar-refractivity contribution is 0.0343. The Bertz CT molecular complexity index is 790. The topological polar surface area (TPSA) is 62.8 Å². The van der Waals surface area contributed by atoms with E-state index in [-0.39, 0.29) is 12.1 Å². The Balaban J connectivity index is 1.36. The number of urea groups is 1. The monoisotopic (exact) mass is 367 g/mol. The third kappa shape index (κ3) is 4.59. The van der Waals surface area contributed by atoms with Crippen molar-refractivity contribution >= 4 is 11.7 Å². The van der Waals surface area contributed by atoms with Crippen molar-refractivity contribution in [1.82, 2.24) is 10.2 Å². The van der Waals surface area contributed by atoms with E-state index in [2.05, 4.69) is 21.6 Å². The molecule has 6 nitrogen and oxygen atoms in total. The van der Waals surface area contributed by atoms with E-state index >= 15 is 0 Å². The van der Waals surface area contributed by atoms with Gasteiger partial charge in [0.05, 0.1) is 19.3 Å². The van der Waals surface area contributed by atoms with Crippen LogP contribution in [0.2, 0.25) is 0 Å². The number of fused-ring (bicyclic) bond motifs is 1. The predicted molar refractivity (Wildman–Crippen MR) is 104 cm³/mol. The highest BCUT2D eigenvalue weighted by molar-refractivity contribution is 5.90. The molecule has 0 bridgehead atoms. The van der Waals surface area contributed by atoms with Gasteiger partial charge in [-0.1, -0.05) is 36.4 Å². The second kappa shape index (κ2) is 8.41. The number of para-hydroxylation sites is 2. The van der Waals surface area contributed by atoms with Crippen LogP contribution < -0.4 is 15.4 Å². The van der Waals surface area contributed by atoms with Crippen molar-refractivity contribution in [2.75, 3.05) is 38.2 Å². The highest BCUT2D eigenvalue weighted by atomic mass is 16.5. The van der Waals surface area contributed by atoms with Gasteiger partial charge in [0, 0.05) is 25.3 Å². The van der Waals surface area contributed by atoms with E-state index in [1.54, 1.807) is 0 Å². The molecule has 2 heterocycles. The summed E-state index contributed by atoms with van der Waals surface area (Å²) in [6.45, 7) is 4.65. The standard InChI is InChI=1S/C21H25N3O3/c25-21(22-18-13-16-5-2-4-8-20(16)27-15-18)23-19-7-3-1-6-17(19)14-24-9-11-26-12-10-24/h1-8,18H,9-15H2,(H2,22,23,25)/t18-/m1/s1. The molecule has 4 rings (SSSR count). The number of carbonyl (C=O) groups excluding carboxylic acids is 1. The molecular weight excluding hydrogens is 342 g/mol. The minimum Gasteiger partial charge on any atom is -0.491 e. The van der Waals surface area contributed by atoms with Crippen LogP contribution in [0, 0.1) is 0 Å². The fraction of sp³-hybridized carbons (Fsp3) is 0.381. The summed E-state index contributed by atoms with van der Waals surface area (Å²) in [7, 11) is 0. The zero-order chi connectivity index (χ0) is 18.5. The van der Waals surface area contributed by atoms with Gasteiger partial charge in [-0.2, -0.15) is 0 Å². The Morgan fingerprint density at radius 1 is 1.07 bits per heavy atom. The van der Waals surface area contributed by atoms with E-state index in [0.717, 1.165) is 61.8 Å². The van der Waals surface area contributed by atoms with E-state index in [0.29, 0.717) is 6.61 Å². The molecule has 2 aromatic carbocycles. The quantitative estimate of drug-likeness (QED) is 0.872. The minimum atomic E-state index is -0.197. The maximum absolute atomic E-state index is 12.5. The van der Waals surface area contributed by atoms with Crippen LogP contribution in [0.4, 0.5) is 10.5 Å². The number of hydrogen-bond acceptors (Lipinski definition) is 4. The lowest BCUT2D eigenvalue weighted by Gasteiger charge is -2.28. The Morgan fingerprint density at radius 3 is 2.74 bits per heavy atom. The van der Waals surface area contributed by atoms with E-state index in [9.17, 15) is 4.79 Å². The summed E-state index contributed by atoms with van der Waals surface area (Å²) in [5, 5.41) is 6.04. The molecule has 2 aliphatic rings. The summed E-state index contributed by atoms with van der Waals surface area (Å²) in [4.78, 5) is 14.9. The van der Waals surface area contributed by atoms with Crippen LogP contribution in [-0.4, -0.2) is 49.9 Å². The number of nitrogens with one attached hydrogen (secondary N) is 2. The molecule has 1 atom stereocenters. The number of rotatable bonds is 4. The van der Waals surface area contributed by atoms with Crippen LogP contribution in [0.15, 0.2) is 48.5 Å². The maximum atomic E-state index is 12.5. The molecule has 0 saturated carbocycles. The highest BCUT2D eigenvalue weighted by Gasteiger charge is 2.21. The number of benzene rings is 2. The van der Waals surface area contributed by atoms with Crippen molar-refractivity contribution in [2.45, 2.75) is 19.0 Å². The number of morpholine rings is 1. The third-order valence-corrected chi connectivity index (χ3v) is 4.98. The molecule has 1 saturated heterocycles. The number of carbonyl (C=O) groups is 1. The van der Waals surface area contributed by atoms with Gasteiger partial charge in [0.2, 0.25) is 0 Å². The SMILES string of the molecule is O=C(Nc1ccccc1CN1CCOCC1)N[C@H]1COc2ccccc2C1. The fourth-order valence-electron chi connectivity index (χ4n) is 3.54. The molecule has 27 heavy (non-hydrogen) atoms.